The van der Waals surface area contributed by atoms with E-state index in [1.807, 2.05) is 11.0 Å². The Balaban J connectivity index is 1.42. The summed E-state index contributed by atoms with van der Waals surface area (Å²) in [5.74, 6) is 0.0484. The third kappa shape index (κ3) is 2.70. The van der Waals surface area contributed by atoms with Crippen LogP contribution >= 0.6 is 0 Å². The van der Waals surface area contributed by atoms with Crippen molar-refractivity contribution in [1.82, 2.24) is 24.4 Å². The van der Waals surface area contributed by atoms with Crippen molar-refractivity contribution in [3.63, 3.8) is 0 Å². The van der Waals surface area contributed by atoms with Gasteiger partial charge in [0.15, 0.2) is 5.65 Å². The van der Waals surface area contributed by atoms with Crippen LogP contribution in [0.2, 0.25) is 0 Å². The highest BCUT2D eigenvalue weighted by Crippen LogP contribution is 2.25. The second-order valence-electron chi connectivity index (χ2n) is 6.41. The van der Waals surface area contributed by atoms with E-state index in [2.05, 4.69) is 15.1 Å². The lowest BCUT2D eigenvalue weighted by Gasteiger charge is -2.39. The molecule has 2 aromatic heterocycles. The van der Waals surface area contributed by atoms with Crippen molar-refractivity contribution in [2.75, 3.05) is 26.2 Å². The van der Waals surface area contributed by atoms with Gasteiger partial charge in [-0.3, -0.25) is 14.1 Å². The van der Waals surface area contributed by atoms with E-state index in [1.165, 1.54) is 0 Å². The third-order valence-electron chi connectivity index (χ3n) is 5.05. The number of hydrogen-bond donors (Lipinski definition) is 1. The molecule has 2 aromatic rings. The third-order valence-corrected chi connectivity index (χ3v) is 5.05. The summed E-state index contributed by atoms with van der Waals surface area (Å²) < 4.78 is 1.76. The lowest BCUT2D eigenvalue weighted by molar-refractivity contribution is 0.0315. The number of aliphatic hydroxyl groups is 1. The first-order chi connectivity index (χ1) is 11.2. The van der Waals surface area contributed by atoms with Gasteiger partial charge in [0.05, 0.1) is 11.7 Å². The summed E-state index contributed by atoms with van der Waals surface area (Å²) >= 11 is 0. The van der Waals surface area contributed by atoms with E-state index in [-0.39, 0.29) is 18.1 Å². The minimum atomic E-state index is -0.201. The number of carbonyl (C=O) groups is 1. The number of piperazine rings is 1. The molecule has 0 bridgehead atoms. The van der Waals surface area contributed by atoms with Gasteiger partial charge < -0.3 is 10.0 Å². The zero-order chi connectivity index (χ0) is 15.8. The summed E-state index contributed by atoms with van der Waals surface area (Å²) in [5.41, 5.74) is 1.40. The van der Waals surface area contributed by atoms with Gasteiger partial charge in [0, 0.05) is 38.4 Å². The highest BCUT2D eigenvalue weighted by molar-refractivity contribution is 5.94. The molecule has 3 heterocycles. The summed E-state index contributed by atoms with van der Waals surface area (Å²) in [6, 6.07) is 3.89. The average molecular weight is 315 g/mol. The molecular weight excluding hydrogens is 294 g/mol. The summed E-state index contributed by atoms with van der Waals surface area (Å²) in [7, 11) is 0. The molecule has 0 aromatic carbocycles. The first-order valence-corrected chi connectivity index (χ1v) is 8.23. The number of rotatable bonds is 2. The molecule has 0 unspecified atom stereocenters. The van der Waals surface area contributed by atoms with Crippen LogP contribution in [0.25, 0.3) is 5.65 Å². The molecule has 1 N–H and O–H groups in total. The second-order valence-corrected chi connectivity index (χ2v) is 6.41. The van der Waals surface area contributed by atoms with Gasteiger partial charge in [-0.15, -0.1) is 10.2 Å². The molecular formula is C16H21N5O2. The molecule has 7 heteroatoms. The van der Waals surface area contributed by atoms with E-state index < -0.39 is 0 Å². The summed E-state index contributed by atoms with van der Waals surface area (Å²) in [6.45, 7) is 3.09. The maximum atomic E-state index is 12.7. The second kappa shape index (κ2) is 5.90. The number of carbonyl (C=O) groups excluding carboxylic acids is 1. The fraction of sp³-hybridized carbons (Fsp3) is 0.562. The molecule has 1 saturated carbocycles. The van der Waals surface area contributed by atoms with Crippen molar-refractivity contribution < 1.29 is 9.90 Å². The Morgan fingerprint density at radius 3 is 2.74 bits per heavy atom. The molecule has 2 fully saturated rings. The average Bonchev–Trinajstić information content (AvgIpc) is 3.22. The number of hydrogen-bond acceptors (Lipinski definition) is 5. The number of nitrogens with zero attached hydrogens (tertiary/aromatic N) is 5. The lowest BCUT2D eigenvalue weighted by atomic mass is 10.1. The topological polar surface area (TPSA) is 74.0 Å². The van der Waals surface area contributed by atoms with Gasteiger partial charge in [-0.25, -0.2) is 0 Å². The molecule has 1 amide bonds. The predicted molar refractivity (Wildman–Crippen MR) is 84.1 cm³/mol. The van der Waals surface area contributed by atoms with Gasteiger partial charge in [-0.05, 0) is 31.4 Å². The fourth-order valence-electron chi connectivity index (χ4n) is 3.74. The van der Waals surface area contributed by atoms with Gasteiger partial charge in [0.25, 0.3) is 5.91 Å². The molecule has 1 aliphatic heterocycles. The Morgan fingerprint density at radius 1 is 1.17 bits per heavy atom. The molecule has 0 radical (unpaired) electrons. The van der Waals surface area contributed by atoms with E-state index in [4.69, 9.17) is 0 Å². The van der Waals surface area contributed by atoms with Crippen LogP contribution in [0.3, 0.4) is 0 Å². The van der Waals surface area contributed by atoms with Crippen LogP contribution in [-0.4, -0.2) is 73.7 Å². The van der Waals surface area contributed by atoms with Crippen LogP contribution < -0.4 is 0 Å². The Kier molecular flexibility index (Phi) is 3.74. The molecule has 2 atom stereocenters. The predicted octanol–water partition coefficient (Wildman–Crippen LogP) is 0.401. The number of fused-ring (bicyclic) bond motifs is 1. The minimum Gasteiger partial charge on any atom is -0.391 e. The minimum absolute atomic E-state index is 0.0484. The fourth-order valence-corrected chi connectivity index (χ4v) is 3.74. The quantitative estimate of drug-likeness (QED) is 0.868. The molecule has 2 aliphatic rings. The largest absolute Gasteiger partial charge is 0.391 e. The summed E-state index contributed by atoms with van der Waals surface area (Å²) in [4.78, 5) is 16.9. The van der Waals surface area contributed by atoms with Crippen molar-refractivity contribution in [3.05, 3.63) is 30.2 Å². The maximum Gasteiger partial charge on any atom is 0.255 e. The standard InChI is InChI=1S/C16H21N5O2/c22-14-3-1-2-13(14)19-6-8-20(9-7-19)16(23)12-4-5-15-18-17-11-21(15)10-12/h4-5,10-11,13-14,22H,1-3,6-9H2/t13-,14-/m0/s1. The van der Waals surface area contributed by atoms with E-state index >= 15 is 0 Å². The Hall–Kier alpha value is -1.99. The Morgan fingerprint density at radius 2 is 2.00 bits per heavy atom. The zero-order valence-electron chi connectivity index (χ0n) is 13.0. The smallest absolute Gasteiger partial charge is 0.255 e. The van der Waals surface area contributed by atoms with E-state index in [1.54, 1.807) is 23.0 Å². The number of pyridine rings is 1. The number of aromatic nitrogens is 3. The van der Waals surface area contributed by atoms with Gasteiger partial charge in [-0.2, -0.15) is 0 Å². The molecule has 23 heavy (non-hydrogen) atoms. The van der Waals surface area contributed by atoms with Crippen LogP contribution in [0, 0.1) is 0 Å². The first kappa shape index (κ1) is 14.6. The summed E-state index contributed by atoms with van der Waals surface area (Å²) in [5, 5.41) is 17.8. The van der Waals surface area contributed by atoms with Crippen LogP contribution in [0.4, 0.5) is 0 Å². The molecule has 4 rings (SSSR count). The number of amides is 1. The normalized spacial score (nSPS) is 26.0. The molecule has 1 aliphatic carbocycles. The highest BCUT2D eigenvalue weighted by Gasteiger charge is 2.33. The van der Waals surface area contributed by atoms with E-state index in [9.17, 15) is 9.90 Å². The first-order valence-electron chi connectivity index (χ1n) is 8.23. The van der Waals surface area contributed by atoms with Crippen LogP contribution in [-0.2, 0) is 0 Å². The Bertz CT molecular complexity index is 707. The van der Waals surface area contributed by atoms with Gasteiger partial charge >= 0.3 is 0 Å². The Labute approximate surface area is 134 Å². The van der Waals surface area contributed by atoms with Crippen molar-refractivity contribution in [2.24, 2.45) is 0 Å². The van der Waals surface area contributed by atoms with Gasteiger partial charge in [-0.1, -0.05) is 0 Å². The van der Waals surface area contributed by atoms with Crippen LogP contribution in [0.15, 0.2) is 24.7 Å². The molecule has 122 valence electrons. The SMILES string of the molecule is O=C(c1ccc2nncn2c1)N1CCN([C@H]2CCC[C@@H]2O)CC1. The van der Waals surface area contributed by atoms with Crippen LogP contribution in [0.1, 0.15) is 29.6 Å². The van der Waals surface area contributed by atoms with Gasteiger partial charge in [0.2, 0.25) is 0 Å². The van der Waals surface area contributed by atoms with Crippen molar-refractivity contribution in [2.45, 2.75) is 31.4 Å². The highest BCUT2D eigenvalue weighted by atomic mass is 16.3. The molecule has 1 saturated heterocycles. The summed E-state index contributed by atoms with van der Waals surface area (Å²) in [6.07, 6.45) is 6.26. The maximum absolute atomic E-state index is 12.7. The lowest BCUT2D eigenvalue weighted by Crippen LogP contribution is -2.53. The van der Waals surface area contributed by atoms with Crippen molar-refractivity contribution >= 4 is 11.6 Å². The van der Waals surface area contributed by atoms with E-state index in [0.717, 1.165) is 38.0 Å². The zero-order valence-corrected chi connectivity index (χ0v) is 13.0. The van der Waals surface area contributed by atoms with Gasteiger partial charge in [0.1, 0.15) is 6.33 Å². The van der Waals surface area contributed by atoms with Crippen molar-refractivity contribution in [1.29, 1.82) is 0 Å². The van der Waals surface area contributed by atoms with Crippen LogP contribution in [0.5, 0.6) is 0 Å². The van der Waals surface area contributed by atoms with Crippen molar-refractivity contribution in [3.8, 4) is 0 Å². The van der Waals surface area contributed by atoms with E-state index in [0.29, 0.717) is 18.7 Å². The molecule has 7 nitrogen and oxygen atoms in total. The number of aliphatic hydroxyl groups excluding tert-OH is 1. The molecule has 0 spiro atoms. The monoisotopic (exact) mass is 315 g/mol.